The highest BCUT2D eigenvalue weighted by atomic mass is 16.5. The monoisotopic (exact) mass is 397 g/mol. The Hall–Kier alpha value is -1.43. The molecular weight excluding hydrogens is 358 g/mol. The number of hydrogen-bond donors (Lipinski definition) is 1. The number of ketones is 1. The van der Waals surface area contributed by atoms with Gasteiger partial charge < -0.3 is 14.7 Å². The molecule has 1 rings (SSSR count). The van der Waals surface area contributed by atoms with E-state index < -0.39 is 5.60 Å². The van der Waals surface area contributed by atoms with Gasteiger partial charge in [0.25, 0.3) is 0 Å². The number of Topliss-reactive ketones (excluding diaryl/α,β-unsaturated/α-hetero) is 1. The molecule has 2 unspecified atom stereocenters. The molecule has 1 aliphatic rings. The SMILES string of the molecule is CCCCCC(C)(O)CCCN1C(=O)CC(=O)C1CCCCCCC(=O)OC. The van der Waals surface area contributed by atoms with Crippen molar-refractivity contribution in [2.24, 2.45) is 0 Å². The maximum absolute atomic E-state index is 12.2. The third kappa shape index (κ3) is 9.18. The van der Waals surface area contributed by atoms with Crippen molar-refractivity contribution in [1.29, 1.82) is 0 Å². The first-order chi connectivity index (χ1) is 13.3. The molecule has 0 aliphatic carbocycles. The fourth-order valence-electron chi connectivity index (χ4n) is 3.89. The van der Waals surface area contributed by atoms with Crippen LogP contribution in [0, 0.1) is 0 Å². The number of nitrogens with zero attached hydrogens (tertiary/aromatic N) is 1. The van der Waals surface area contributed by atoms with E-state index in [-0.39, 0.29) is 30.1 Å². The smallest absolute Gasteiger partial charge is 0.305 e. The Bertz CT molecular complexity index is 503. The number of methoxy groups -OCH3 is 1. The zero-order chi connectivity index (χ0) is 21.0. The van der Waals surface area contributed by atoms with Crippen molar-refractivity contribution in [3.8, 4) is 0 Å². The van der Waals surface area contributed by atoms with Gasteiger partial charge in [-0.1, -0.05) is 45.4 Å². The van der Waals surface area contributed by atoms with Gasteiger partial charge in [0.05, 0.1) is 25.2 Å². The number of hydrogen-bond acceptors (Lipinski definition) is 5. The minimum Gasteiger partial charge on any atom is -0.469 e. The highest BCUT2D eigenvalue weighted by Gasteiger charge is 2.37. The fraction of sp³-hybridized carbons (Fsp3) is 0.864. The van der Waals surface area contributed by atoms with Crippen LogP contribution in [0.5, 0.6) is 0 Å². The quantitative estimate of drug-likeness (QED) is 0.258. The van der Waals surface area contributed by atoms with Gasteiger partial charge in [-0.3, -0.25) is 14.4 Å². The maximum atomic E-state index is 12.2. The number of carbonyl (C=O) groups excluding carboxylic acids is 3. The molecule has 162 valence electrons. The molecule has 2 atom stereocenters. The number of amides is 1. The van der Waals surface area contributed by atoms with Crippen LogP contribution in [0.15, 0.2) is 0 Å². The number of unbranched alkanes of at least 4 members (excludes halogenated alkanes) is 5. The molecule has 1 aliphatic heterocycles. The molecule has 1 saturated heterocycles. The minimum atomic E-state index is -0.697. The molecule has 6 nitrogen and oxygen atoms in total. The molecule has 1 heterocycles. The molecule has 0 radical (unpaired) electrons. The molecule has 1 amide bonds. The van der Waals surface area contributed by atoms with Crippen molar-refractivity contribution in [2.75, 3.05) is 13.7 Å². The van der Waals surface area contributed by atoms with E-state index in [0.29, 0.717) is 32.2 Å². The predicted octanol–water partition coefficient (Wildman–Crippen LogP) is 3.78. The van der Waals surface area contributed by atoms with E-state index in [9.17, 15) is 19.5 Å². The Morgan fingerprint density at radius 2 is 1.79 bits per heavy atom. The van der Waals surface area contributed by atoms with Crippen molar-refractivity contribution >= 4 is 17.7 Å². The molecule has 0 aromatic heterocycles. The van der Waals surface area contributed by atoms with Crippen molar-refractivity contribution in [3.63, 3.8) is 0 Å². The zero-order valence-electron chi connectivity index (χ0n) is 18.0. The van der Waals surface area contributed by atoms with Crippen LogP contribution in [0.2, 0.25) is 0 Å². The largest absolute Gasteiger partial charge is 0.469 e. The second-order valence-electron chi connectivity index (χ2n) is 8.33. The molecule has 0 aromatic rings. The van der Waals surface area contributed by atoms with Crippen LogP contribution in [-0.4, -0.2) is 53.0 Å². The lowest BCUT2D eigenvalue weighted by Crippen LogP contribution is -2.37. The van der Waals surface area contributed by atoms with Gasteiger partial charge in [-0.05, 0) is 39.0 Å². The molecular formula is C22H39NO5. The number of carbonyl (C=O) groups is 3. The average Bonchev–Trinajstić information content (AvgIpc) is 2.91. The number of likely N-dealkylation sites (tertiary alicyclic amines) is 1. The summed E-state index contributed by atoms with van der Waals surface area (Å²) in [5.74, 6) is -0.242. The van der Waals surface area contributed by atoms with Crippen LogP contribution >= 0.6 is 0 Å². The first-order valence-corrected chi connectivity index (χ1v) is 10.9. The maximum Gasteiger partial charge on any atom is 0.305 e. The topological polar surface area (TPSA) is 83.9 Å². The summed E-state index contributed by atoms with van der Waals surface area (Å²) in [6, 6.07) is -0.307. The van der Waals surface area contributed by atoms with Gasteiger partial charge in [0, 0.05) is 13.0 Å². The van der Waals surface area contributed by atoms with Crippen molar-refractivity contribution < 1.29 is 24.2 Å². The molecule has 0 spiro atoms. The van der Waals surface area contributed by atoms with E-state index >= 15 is 0 Å². The van der Waals surface area contributed by atoms with Crippen LogP contribution in [0.3, 0.4) is 0 Å². The van der Waals surface area contributed by atoms with Gasteiger partial charge in [-0.2, -0.15) is 0 Å². The normalized spacial score (nSPS) is 19.1. The summed E-state index contributed by atoms with van der Waals surface area (Å²) in [6.45, 7) is 4.55. The van der Waals surface area contributed by atoms with E-state index in [1.54, 1.807) is 4.90 Å². The summed E-state index contributed by atoms with van der Waals surface area (Å²) in [6.07, 6.45) is 10.1. The summed E-state index contributed by atoms with van der Waals surface area (Å²) in [5.41, 5.74) is -0.697. The molecule has 28 heavy (non-hydrogen) atoms. The molecule has 6 heteroatoms. The van der Waals surface area contributed by atoms with Crippen molar-refractivity contribution in [2.45, 2.75) is 109 Å². The van der Waals surface area contributed by atoms with Crippen molar-refractivity contribution in [3.05, 3.63) is 0 Å². The van der Waals surface area contributed by atoms with Crippen LogP contribution in [0.4, 0.5) is 0 Å². The lowest BCUT2D eigenvalue weighted by molar-refractivity contribution is -0.140. The second-order valence-corrected chi connectivity index (χ2v) is 8.33. The van der Waals surface area contributed by atoms with E-state index in [2.05, 4.69) is 11.7 Å². The highest BCUT2D eigenvalue weighted by Crippen LogP contribution is 2.24. The number of aliphatic hydroxyl groups is 1. The second kappa shape index (κ2) is 12.9. The van der Waals surface area contributed by atoms with Gasteiger partial charge in [0.2, 0.25) is 5.91 Å². The summed E-state index contributed by atoms with van der Waals surface area (Å²) in [7, 11) is 1.39. The summed E-state index contributed by atoms with van der Waals surface area (Å²) in [4.78, 5) is 37.2. The Balaban J connectivity index is 2.33. The van der Waals surface area contributed by atoms with Crippen LogP contribution in [-0.2, 0) is 19.1 Å². The summed E-state index contributed by atoms with van der Waals surface area (Å²) in [5, 5.41) is 10.5. The lowest BCUT2D eigenvalue weighted by atomic mass is 9.93. The number of esters is 1. The molecule has 0 saturated carbocycles. The Morgan fingerprint density at radius 1 is 1.11 bits per heavy atom. The summed E-state index contributed by atoms with van der Waals surface area (Å²) >= 11 is 0. The Morgan fingerprint density at radius 3 is 2.46 bits per heavy atom. The van der Waals surface area contributed by atoms with E-state index in [1.165, 1.54) is 7.11 Å². The lowest BCUT2D eigenvalue weighted by Gasteiger charge is -2.27. The first-order valence-electron chi connectivity index (χ1n) is 10.9. The van der Waals surface area contributed by atoms with Gasteiger partial charge in [0.1, 0.15) is 0 Å². The predicted molar refractivity (Wildman–Crippen MR) is 109 cm³/mol. The molecule has 1 fully saturated rings. The van der Waals surface area contributed by atoms with Gasteiger partial charge in [0.15, 0.2) is 5.78 Å². The number of ether oxygens (including phenoxy) is 1. The van der Waals surface area contributed by atoms with Gasteiger partial charge in [-0.15, -0.1) is 0 Å². The van der Waals surface area contributed by atoms with E-state index in [0.717, 1.165) is 51.4 Å². The Kier molecular flexibility index (Phi) is 11.4. The van der Waals surface area contributed by atoms with Crippen LogP contribution in [0.1, 0.15) is 97.3 Å². The van der Waals surface area contributed by atoms with E-state index in [1.807, 2.05) is 6.92 Å². The molecule has 0 bridgehead atoms. The molecule has 1 N–H and O–H groups in total. The first kappa shape index (κ1) is 24.6. The average molecular weight is 398 g/mol. The van der Waals surface area contributed by atoms with Crippen LogP contribution < -0.4 is 0 Å². The van der Waals surface area contributed by atoms with E-state index in [4.69, 9.17) is 0 Å². The molecule has 0 aromatic carbocycles. The zero-order valence-corrected chi connectivity index (χ0v) is 18.0. The highest BCUT2D eigenvalue weighted by molar-refractivity contribution is 6.07. The number of rotatable bonds is 15. The van der Waals surface area contributed by atoms with Crippen molar-refractivity contribution in [1.82, 2.24) is 4.90 Å². The Labute approximate surface area is 170 Å². The van der Waals surface area contributed by atoms with Gasteiger partial charge >= 0.3 is 5.97 Å². The van der Waals surface area contributed by atoms with Crippen LogP contribution in [0.25, 0.3) is 0 Å². The minimum absolute atomic E-state index is 0.0138. The standard InChI is InChI=1S/C22H39NO5/c1-4-5-10-14-22(2,27)15-11-16-23-18(19(24)17-20(23)25)12-8-6-7-9-13-21(26)28-3/h18,27H,4-17H2,1-3H3. The third-order valence-corrected chi connectivity index (χ3v) is 5.66. The summed E-state index contributed by atoms with van der Waals surface area (Å²) < 4.78 is 4.62. The third-order valence-electron chi connectivity index (χ3n) is 5.66. The fourth-order valence-corrected chi connectivity index (χ4v) is 3.89. The van der Waals surface area contributed by atoms with Gasteiger partial charge in [-0.25, -0.2) is 0 Å².